The molecule has 1 heterocycles. The van der Waals surface area contributed by atoms with Crippen LogP contribution < -0.4 is 0 Å². The zero-order valence-electron chi connectivity index (χ0n) is 17.5. The average Bonchev–Trinajstić information content (AvgIpc) is 3.20. The topological polar surface area (TPSA) is 22.0 Å². The van der Waals surface area contributed by atoms with Crippen LogP contribution in [-0.4, -0.2) is 10.4 Å². The summed E-state index contributed by atoms with van der Waals surface area (Å²) in [5.74, 6) is 0.0998. The van der Waals surface area contributed by atoms with Crippen LogP contribution in [-0.2, 0) is 13.0 Å². The number of Topliss-reactive ketones (excluding diaryl/α,β-unsaturated/α-hetero) is 1. The summed E-state index contributed by atoms with van der Waals surface area (Å²) in [5, 5.41) is 1.67. The summed E-state index contributed by atoms with van der Waals surface area (Å²) < 4.78 is 2.21. The number of nitrogens with zero attached hydrogens (tertiary/aromatic N) is 1. The molecule has 1 aromatic heterocycles. The van der Waals surface area contributed by atoms with Crippen LogP contribution in [0.15, 0.2) is 109 Å². The fourth-order valence-corrected chi connectivity index (χ4v) is 4.53. The Hall–Kier alpha value is -3.62. The van der Waals surface area contributed by atoms with Crippen molar-refractivity contribution in [1.29, 1.82) is 0 Å². The molecular formula is C29H22ClNO. The molecule has 156 valence electrons. The SMILES string of the molecule is O=C(Cc1ccccc1)c1ccccc1-c1cn(Cc2ccccc2)c2cccc(Cl)c12. The second kappa shape index (κ2) is 8.86. The summed E-state index contributed by atoms with van der Waals surface area (Å²) >= 11 is 6.69. The van der Waals surface area contributed by atoms with E-state index in [1.54, 1.807) is 0 Å². The number of benzene rings is 4. The Kier molecular flexibility index (Phi) is 5.62. The van der Waals surface area contributed by atoms with Gasteiger partial charge in [-0.05, 0) is 28.8 Å². The van der Waals surface area contributed by atoms with Crippen molar-refractivity contribution >= 4 is 28.3 Å². The first kappa shape index (κ1) is 20.3. The van der Waals surface area contributed by atoms with Gasteiger partial charge < -0.3 is 4.57 Å². The van der Waals surface area contributed by atoms with Crippen molar-refractivity contribution in [2.45, 2.75) is 13.0 Å². The first-order valence-electron chi connectivity index (χ1n) is 10.7. The van der Waals surface area contributed by atoms with Crippen LogP contribution in [0.2, 0.25) is 5.02 Å². The smallest absolute Gasteiger partial charge is 0.167 e. The molecule has 4 aromatic carbocycles. The number of carbonyl (C=O) groups is 1. The van der Waals surface area contributed by atoms with Crippen LogP contribution >= 0.6 is 11.6 Å². The molecule has 0 amide bonds. The minimum atomic E-state index is 0.0998. The van der Waals surface area contributed by atoms with Gasteiger partial charge in [0.25, 0.3) is 0 Å². The highest BCUT2D eigenvalue weighted by atomic mass is 35.5. The Bertz CT molecular complexity index is 1390. The van der Waals surface area contributed by atoms with Crippen LogP contribution in [0, 0.1) is 0 Å². The van der Waals surface area contributed by atoms with Gasteiger partial charge in [-0.15, -0.1) is 0 Å². The molecule has 0 fully saturated rings. The van der Waals surface area contributed by atoms with E-state index in [1.807, 2.05) is 84.9 Å². The Morgan fingerprint density at radius 2 is 1.34 bits per heavy atom. The Morgan fingerprint density at radius 1 is 0.688 bits per heavy atom. The Morgan fingerprint density at radius 3 is 2.09 bits per heavy atom. The number of rotatable bonds is 6. The van der Waals surface area contributed by atoms with E-state index in [-0.39, 0.29) is 5.78 Å². The van der Waals surface area contributed by atoms with Gasteiger partial charge in [0.15, 0.2) is 5.78 Å². The average molecular weight is 436 g/mol. The summed E-state index contributed by atoms with van der Waals surface area (Å²) in [7, 11) is 0. The van der Waals surface area contributed by atoms with E-state index < -0.39 is 0 Å². The van der Waals surface area contributed by atoms with Gasteiger partial charge in [-0.3, -0.25) is 4.79 Å². The molecular weight excluding hydrogens is 414 g/mol. The molecule has 0 saturated carbocycles. The first-order valence-corrected chi connectivity index (χ1v) is 11.1. The number of hydrogen-bond acceptors (Lipinski definition) is 1. The highest BCUT2D eigenvalue weighted by Gasteiger charge is 2.19. The molecule has 0 radical (unpaired) electrons. The van der Waals surface area contributed by atoms with Gasteiger partial charge >= 0.3 is 0 Å². The van der Waals surface area contributed by atoms with E-state index in [0.29, 0.717) is 11.4 Å². The van der Waals surface area contributed by atoms with Crippen LogP contribution in [0.4, 0.5) is 0 Å². The molecule has 0 aliphatic rings. The summed E-state index contributed by atoms with van der Waals surface area (Å²) in [4.78, 5) is 13.3. The van der Waals surface area contributed by atoms with Crippen molar-refractivity contribution in [3.63, 3.8) is 0 Å². The number of halogens is 1. The fraction of sp³-hybridized carbons (Fsp3) is 0.0690. The third kappa shape index (κ3) is 3.98. The van der Waals surface area contributed by atoms with Crippen LogP contribution in [0.5, 0.6) is 0 Å². The van der Waals surface area contributed by atoms with E-state index in [1.165, 1.54) is 5.56 Å². The van der Waals surface area contributed by atoms with Gasteiger partial charge in [0, 0.05) is 35.7 Å². The molecule has 0 aliphatic carbocycles. The quantitative estimate of drug-likeness (QED) is 0.254. The maximum atomic E-state index is 13.3. The van der Waals surface area contributed by atoms with Crippen LogP contribution in [0.1, 0.15) is 21.5 Å². The predicted octanol–water partition coefficient (Wildman–Crippen LogP) is 7.44. The zero-order valence-corrected chi connectivity index (χ0v) is 18.3. The second-order valence-electron chi connectivity index (χ2n) is 7.92. The third-order valence-corrected chi connectivity index (χ3v) is 6.09. The lowest BCUT2D eigenvalue weighted by Crippen LogP contribution is -2.05. The molecule has 0 unspecified atom stereocenters. The third-order valence-electron chi connectivity index (χ3n) is 5.78. The van der Waals surface area contributed by atoms with Crippen molar-refractivity contribution in [3.05, 3.63) is 131 Å². The van der Waals surface area contributed by atoms with Crippen molar-refractivity contribution in [2.75, 3.05) is 0 Å². The normalized spacial score (nSPS) is 11.0. The minimum absolute atomic E-state index is 0.0998. The highest BCUT2D eigenvalue weighted by molar-refractivity contribution is 6.36. The van der Waals surface area contributed by atoms with Crippen molar-refractivity contribution < 1.29 is 4.79 Å². The molecule has 0 N–H and O–H groups in total. The number of fused-ring (bicyclic) bond motifs is 1. The Balaban J connectivity index is 1.62. The summed E-state index contributed by atoms with van der Waals surface area (Å²) in [6, 6.07) is 34.0. The van der Waals surface area contributed by atoms with Gasteiger partial charge in [-0.25, -0.2) is 0 Å². The molecule has 0 spiro atoms. The van der Waals surface area contributed by atoms with E-state index in [0.717, 1.165) is 39.7 Å². The molecule has 0 saturated heterocycles. The van der Waals surface area contributed by atoms with Gasteiger partial charge in [-0.2, -0.15) is 0 Å². The molecule has 0 aliphatic heterocycles. The number of ketones is 1. The van der Waals surface area contributed by atoms with Crippen LogP contribution in [0.25, 0.3) is 22.0 Å². The predicted molar refractivity (Wildman–Crippen MR) is 132 cm³/mol. The van der Waals surface area contributed by atoms with Gasteiger partial charge in [0.2, 0.25) is 0 Å². The Labute approximate surface area is 192 Å². The zero-order chi connectivity index (χ0) is 21.9. The second-order valence-corrected chi connectivity index (χ2v) is 8.33. The van der Waals surface area contributed by atoms with E-state index in [4.69, 9.17) is 11.6 Å². The highest BCUT2D eigenvalue weighted by Crippen LogP contribution is 2.37. The largest absolute Gasteiger partial charge is 0.342 e. The maximum absolute atomic E-state index is 13.3. The standard InChI is InChI=1S/C29H22ClNO/c30-26-16-9-17-27-29(26)25(20-31(27)19-22-12-5-2-6-13-22)23-14-7-8-15-24(23)28(32)18-21-10-3-1-4-11-21/h1-17,20H,18-19H2. The fourth-order valence-electron chi connectivity index (χ4n) is 4.26. The maximum Gasteiger partial charge on any atom is 0.167 e. The lowest BCUT2D eigenvalue weighted by molar-refractivity contribution is 0.0993. The van der Waals surface area contributed by atoms with Crippen LogP contribution in [0.3, 0.4) is 0 Å². The first-order chi connectivity index (χ1) is 15.7. The van der Waals surface area contributed by atoms with E-state index >= 15 is 0 Å². The molecule has 5 aromatic rings. The van der Waals surface area contributed by atoms with E-state index in [2.05, 4.69) is 29.0 Å². The van der Waals surface area contributed by atoms with Crippen molar-refractivity contribution in [2.24, 2.45) is 0 Å². The molecule has 32 heavy (non-hydrogen) atoms. The van der Waals surface area contributed by atoms with E-state index in [9.17, 15) is 4.79 Å². The van der Waals surface area contributed by atoms with Crippen molar-refractivity contribution in [1.82, 2.24) is 4.57 Å². The summed E-state index contributed by atoms with van der Waals surface area (Å²) in [5.41, 5.74) is 5.90. The summed E-state index contributed by atoms with van der Waals surface area (Å²) in [6.45, 7) is 0.734. The molecule has 3 heteroatoms. The van der Waals surface area contributed by atoms with Gasteiger partial charge in [0.05, 0.1) is 10.5 Å². The number of carbonyl (C=O) groups excluding carboxylic acids is 1. The number of hydrogen-bond donors (Lipinski definition) is 0. The van der Waals surface area contributed by atoms with Crippen molar-refractivity contribution in [3.8, 4) is 11.1 Å². The molecule has 5 rings (SSSR count). The molecule has 2 nitrogen and oxygen atoms in total. The summed E-state index contributed by atoms with van der Waals surface area (Å²) in [6.07, 6.45) is 2.49. The van der Waals surface area contributed by atoms with Gasteiger partial charge in [-0.1, -0.05) is 103 Å². The monoisotopic (exact) mass is 435 g/mol. The molecule has 0 bridgehead atoms. The molecule has 0 atom stereocenters. The minimum Gasteiger partial charge on any atom is -0.342 e. The number of aromatic nitrogens is 1. The lowest BCUT2D eigenvalue weighted by atomic mass is 9.94. The van der Waals surface area contributed by atoms with Gasteiger partial charge in [0.1, 0.15) is 0 Å². The lowest BCUT2D eigenvalue weighted by Gasteiger charge is -2.09.